The van der Waals surface area contributed by atoms with Crippen LogP contribution in [0.4, 0.5) is 11.5 Å². The molecule has 1 atom stereocenters. The number of hydrogen-bond acceptors (Lipinski definition) is 4. The maximum absolute atomic E-state index is 5.05. The van der Waals surface area contributed by atoms with Crippen molar-refractivity contribution in [3.8, 4) is 0 Å². The highest BCUT2D eigenvalue weighted by Gasteiger charge is 2.17. The van der Waals surface area contributed by atoms with Crippen LogP contribution in [0.5, 0.6) is 0 Å². The first-order valence-electron chi connectivity index (χ1n) is 5.75. The molecule has 2 rings (SSSR count). The Morgan fingerprint density at radius 3 is 3.25 bits per heavy atom. The molecule has 16 heavy (non-hydrogen) atoms. The summed E-state index contributed by atoms with van der Waals surface area (Å²) >= 11 is 0. The van der Waals surface area contributed by atoms with Gasteiger partial charge in [0.05, 0.1) is 5.69 Å². The predicted octanol–water partition coefficient (Wildman–Crippen LogP) is 2.02. The third-order valence-electron chi connectivity index (χ3n) is 2.81. The lowest BCUT2D eigenvalue weighted by Gasteiger charge is -2.27. The van der Waals surface area contributed by atoms with Crippen LogP contribution in [-0.4, -0.2) is 31.3 Å². The van der Waals surface area contributed by atoms with Gasteiger partial charge in [-0.05, 0) is 31.4 Å². The van der Waals surface area contributed by atoms with Crippen molar-refractivity contribution in [2.24, 2.45) is 0 Å². The second-order valence-corrected chi connectivity index (χ2v) is 4.27. The van der Waals surface area contributed by atoms with Crippen molar-refractivity contribution in [2.75, 3.05) is 30.9 Å². The smallest absolute Gasteiger partial charge is 0.149 e. The van der Waals surface area contributed by atoms with E-state index >= 15 is 0 Å². The predicted molar refractivity (Wildman–Crippen MR) is 66.0 cm³/mol. The molecule has 2 N–H and O–H groups in total. The molecule has 88 valence electrons. The summed E-state index contributed by atoms with van der Waals surface area (Å²) in [7, 11) is 1.74. The summed E-state index contributed by atoms with van der Waals surface area (Å²) in [4.78, 5) is 4.39. The first-order chi connectivity index (χ1) is 7.79. The number of nitrogens with one attached hydrogen (secondary N) is 2. The number of methoxy groups -OCH3 is 1. The Labute approximate surface area is 96.4 Å². The Balaban J connectivity index is 1.93. The fourth-order valence-electron chi connectivity index (χ4n) is 1.94. The van der Waals surface area contributed by atoms with Crippen molar-refractivity contribution < 1.29 is 4.74 Å². The van der Waals surface area contributed by atoms with Crippen LogP contribution in [0.25, 0.3) is 0 Å². The van der Waals surface area contributed by atoms with Crippen molar-refractivity contribution in [1.82, 2.24) is 4.98 Å². The van der Waals surface area contributed by atoms with Crippen molar-refractivity contribution in [3.63, 3.8) is 0 Å². The number of aromatic nitrogens is 1. The van der Waals surface area contributed by atoms with Crippen LogP contribution < -0.4 is 10.6 Å². The quantitative estimate of drug-likeness (QED) is 0.764. The van der Waals surface area contributed by atoms with Gasteiger partial charge in [0, 0.05) is 32.5 Å². The normalized spacial score (nSPS) is 18.5. The Hall–Kier alpha value is -1.29. The zero-order chi connectivity index (χ0) is 11.4. The molecule has 4 nitrogen and oxygen atoms in total. The number of fused-ring (bicyclic) bond motifs is 1. The molecule has 4 heteroatoms. The average molecular weight is 221 g/mol. The van der Waals surface area contributed by atoms with Crippen molar-refractivity contribution in [1.29, 1.82) is 0 Å². The zero-order valence-electron chi connectivity index (χ0n) is 9.92. The van der Waals surface area contributed by atoms with Crippen molar-refractivity contribution >= 4 is 11.5 Å². The molecule has 2 heterocycles. The maximum atomic E-state index is 5.05. The van der Waals surface area contributed by atoms with E-state index in [2.05, 4.69) is 28.6 Å². The van der Waals surface area contributed by atoms with Crippen LogP contribution >= 0.6 is 0 Å². The highest BCUT2D eigenvalue weighted by atomic mass is 16.5. The maximum Gasteiger partial charge on any atom is 0.149 e. The van der Waals surface area contributed by atoms with E-state index in [-0.39, 0.29) is 0 Å². The van der Waals surface area contributed by atoms with Crippen LogP contribution in [0.15, 0.2) is 12.3 Å². The van der Waals surface area contributed by atoms with E-state index in [0.29, 0.717) is 6.04 Å². The third-order valence-corrected chi connectivity index (χ3v) is 2.81. The second kappa shape index (κ2) is 5.16. The first kappa shape index (κ1) is 11.2. The summed E-state index contributed by atoms with van der Waals surface area (Å²) in [6.07, 6.45) is 4.08. The van der Waals surface area contributed by atoms with Gasteiger partial charge in [0.15, 0.2) is 0 Å². The summed E-state index contributed by atoms with van der Waals surface area (Å²) in [5.41, 5.74) is 2.30. The molecule has 0 aromatic carbocycles. The summed E-state index contributed by atoms with van der Waals surface area (Å²) in [6.45, 7) is 3.84. The lowest BCUT2D eigenvalue weighted by Crippen LogP contribution is -2.33. The van der Waals surface area contributed by atoms with E-state index in [1.165, 1.54) is 5.56 Å². The van der Waals surface area contributed by atoms with Gasteiger partial charge in [-0.15, -0.1) is 0 Å². The highest BCUT2D eigenvalue weighted by molar-refractivity contribution is 5.67. The van der Waals surface area contributed by atoms with Gasteiger partial charge in [0.25, 0.3) is 0 Å². The van der Waals surface area contributed by atoms with E-state index < -0.39 is 0 Å². The molecular weight excluding hydrogens is 202 g/mol. The summed E-state index contributed by atoms with van der Waals surface area (Å²) in [5, 5.41) is 6.87. The summed E-state index contributed by atoms with van der Waals surface area (Å²) in [6, 6.07) is 2.58. The zero-order valence-corrected chi connectivity index (χ0v) is 9.92. The van der Waals surface area contributed by atoms with E-state index in [1.807, 2.05) is 6.20 Å². The van der Waals surface area contributed by atoms with Gasteiger partial charge in [-0.25, -0.2) is 4.98 Å². The van der Waals surface area contributed by atoms with Gasteiger partial charge in [0.2, 0.25) is 0 Å². The molecule has 0 aliphatic carbocycles. The van der Waals surface area contributed by atoms with Gasteiger partial charge >= 0.3 is 0 Å². The fraction of sp³-hybridized carbons (Fsp3) is 0.583. The number of aryl methyl sites for hydroxylation is 1. The van der Waals surface area contributed by atoms with Gasteiger partial charge in [0.1, 0.15) is 5.82 Å². The van der Waals surface area contributed by atoms with E-state index in [0.717, 1.165) is 37.5 Å². The number of nitrogens with zero attached hydrogens (tertiary/aromatic N) is 1. The van der Waals surface area contributed by atoms with E-state index in [9.17, 15) is 0 Å². The molecule has 1 aromatic rings. The van der Waals surface area contributed by atoms with Gasteiger partial charge in [-0.2, -0.15) is 0 Å². The fourth-order valence-corrected chi connectivity index (χ4v) is 1.94. The van der Waals surface area contributed by atoms with Gasteiger partial charge in [-0.3, -0.25) is 0 Å². The van der Waals surface area contributed by atoms with Crippen LogP contribution in [-0.2, 0) is 4.74 Å². The van der Waals surface area contributed by atoms with E-state index in [1.54, 1.807) is 7.11 Å². The van der Waals surface area contributed by atoms with Crippen LogP contribution in [0.1, 0.15) is 18.4 Å². The minimum atomic E-state index is 0.456. The minimum Gasteiger partial charge on any atom is -0.385 e. The summed E-state index contributed by atoms with van der Waals surface area (Å²) in [5.74, 6) is 0.972. The molecule has 1 aromatic heterocycles. The Bertz CT molecular complexity index is 354. The molecular formula is C12H19N3O. The molecule has 0 radical (unpaired) electrons. The average Bonchev–Trinajstić information content (AvgIpc) is 2.29. The number of ether oxygens (including phenoxy) is 1. The standard InChI is InChI=1S/C12H19N3O/c1-9-6-11-12(14-7-9)15-10(8-13-11)4-3-5-16-2/h6-7,10,13H,3-5,8H2,1-2H3,(H,14,15). The Morgan fingerprint density at radius 2 is 2.44 bits per heavy atom. The Morgan fingerprint density at radius 1 is 1.56 bits per heavy atom. The largest absolute Gasteiger partial charge is 0.385 e. The number of rotatable bonds is 4. The topological polar surface area (TPSA) is 46.2 Å². The number of anilines is 2. The molecule has 0 bridgehead atoms. The molecule has 0 amide bonds. The van der Waals surface area contributed by atoms with Crippen molar-refractivity contribution in [3.05, 3.63) is 17.8 Å². The molecule has 0 spiro atoms. The lowest BCUT2D eigenvalue weighted by molar-refractivity contribution is 0.191. The first-order valence-corrected chi connectivity index (χ1v) is 5.75. The van der Waals surface area contributed by atoms with Gasteiger partial charge in [-0.1, -0.05) is 0 Å². The van der Waals surface area contributed by atoms with E-state index in [4.69, 9.17) is 4.74 Å². The molecule has 1 aliphatic rings. The Kier molecular flexibility index (Phi) is 3.62. The van der Waals surface area contributed by atoms with Gasteiger partial charge < -0.3 is 15.4 Å². The monoisotopic (exact) mass is 221 g/mol. The molecule has 0 saturated carbocycles. The number of hydrogen-bond donors (Lipinski definition) is 2. The lowest BCUT2D eigenvalue weighted by atomic mass is 10.1. The molecule has 0 fully saturated rings. The molecule has 1 unspecified atom stereocenters. The SMILES string of the molecule is COCCCC1CNc2cc(C)cnc2N1. The van der Waals surface area contributed by atoms with Crippen LogP contribution in [0, 0.1) is 6.92 Å². The van der Waals surface area contributed by atoms with Crippen LogP contribution in [0.3, 0.4) is 0 Å². The third kappa shape index (κ3) is 2.64. The highest BCUT2D eigenvalue weighted by Crippen LogP contribution is 2.25. The minimum absolute atomic E-state index is 0.456. The molecule has 1 aliphatic heterocycles. The molecule has 0 saturated heterocycles. The summed E-state index contributed by atoms with van der Waals surface area (Å²) < 4.78 is 5.05. The second-order valence-electron chi connectivity index (χ2n) is 4.27. The number of pyridine rings is 1. The van der Waals surface area contributed by atoms with Crippen molar-refractivity contribution in [2.45, 2.75) is 25.8 Å². The van der Waals surface area contributed by atoms with Crippen LogP contribution in [0.2, 0.25) is 0 Å².